The number of nitrogen functional groups attached to an aromatic ring is 1. The lowest BCUT2D eigenvalue weighted by Crippen LogP contribution is -2.12. The molecule has 2 rings (SSSR count). The molecule has 0 radical (unpaired) electrons. The minimum Gasteiger partial charge on any atom is -0.465 e. The number of esters is 1. The number of nitrogens with one attached hydrogen (secondary N) is 1. The van der Waals surface area contributed by atoms with Crippen LogP contribution in [0, 0.1) is 11.7 Å². The van der Waals surface area contributed by atoms with Crippen LogP contribution in [-0.2, 0) is 9.47 Å². The number of anilines is 2. The highest BCUT2D eigenvalue weighted by Crippen LogP contribution is 2.23. The summed E-state index contributed by atoms with van der Waals surface area (Å²) in [5.41, 5.74) is 6.11. The van der Waals surface area contributed by atoms with Crippen LogP contribution in [0.2, 0.25) is 0 Å². The summed E-state index contributed by atoms with van der Waals surface area (Å²) in [5.74, 6) is -0.535. The van der Waals surface area contributed by atoms with Gasteiger partial charge in [0.25, 0.3) is 0 Å². The fraction of sp³-hybridized carbons (Fsp3) is 0.500. The number of hydrogen-bond acceptors (Lipinski definition) is 5. The Morgan fingerprint density at radius 3 is 3.05 bits per heavy atom. The minimum absolute atomic E-state index is 0.0732. The van der Waals surface area contributed by atoms with Crippen molar-refractivity contribution in [2.24, 2.45) is 5.92 Å². The van der Waals surface area contributed by atoms with Crippen LogP contribution in [-0.4, -0.2) is 32.8 Å². The van der Waals surface area contributed by atoms with Gasteiger partial charge in [-0.05, 0) is 30.9 Å². The van der Waals surface area contributed by atoms with Gasteiger partial charge < -0.3 is 20.5 Å². The van der Waals surface area contributed by atoms with E-state index in [0.29, 0.717) is 12.5 Å². The molecule has 5 nitrogen and oxygen atoms in total. The highest BCUT2D eigenvalue weighted by atomic mass is 19.1. The summed E-state index contributed by atoms with van der Waals surface area (Å²) in [7, 11) is 1.26. The number of rotatable bonds is 5. The standard InChI is InChI=1S/C14H19FN2O3/c1-19-14(18)10-6-13(11(15)7-12(10)16)17-4-2-9-3-5-20-8-9/h6-7,9,17H,2-5,8,16H2,1H3. The summed E-state index contributed by atoms with van der Waals surface area (Å²) in [5, 5.41) is 2.99. The lowest BCUT2D eigenvalue weighted by atomic mass is 10.1. The number of ether oxygens (including phenoxy) is 2. The first-order valence-electron chi connectivity index (χ1n) is 6.60. The Kier molecular flexibility index (Phi) is 4.79. The molecule has 1 aromatic carbocycles. The quantitative estimate of drug-likeness (QED) is 0.638. The Morgan fingerprint density at radius 2 is 2.40 bits per heavy atom. The molecular weight excluding hydrogens is 263 g/mol. The molecule has 1 aliphatic heterocycles. The molecule has 6 heteroatoms. The smallest absolute Gasteiger partial charge is 0.340 e. The molecule has 0 aliphatic carbocycles. The van der Waals surface area contributed by atoms with Crippen molar-refractivity contribution in [1.82, 2.24) is 0 Å². The first-order valence-corrected chi connectivity index (χ1v) is 6.60. The molecule has 1 fully saturated rings. The summed E-state index contributed by atoms with van der Waals surface area (Å²) in [6.07, 6.45) is 1.94. The molecule has 0 bridgehead atoms. The van der Waals surface area contributed by atoms with Gasteiger partial charge in [-0.1, -0.05) is 0 Å². The lowest BCUT2D eigenvalue weighted by Gasteiger charge is -2.12. The summed E-state index contributed by atoms with van der Waals surface area (Å²) >= 11 is 0. The van der Waals surface area contributed by atoms with Gasteiger partial charge in [0.1, 0.15) is 5.82 Å². The van der Waals surface area contributed by atoms with Gasteiger partial charge in [0.2, 0.25) is 0 Å². The second kappa shape index (κ2) is 6.56. The Morgan fingerprint density at radius 1 is 1.60 bits per heavy atom. The Balaban J connectivity index is 2.00. The number of hydrogen-bond donors (Lipinski definition) is 2. The summed E-state index contributed by atoms with van der Waals surface area (Å²) < 4.78 is 23.7. The first-order chi connectivity index (χ1) is 9.61. The molecule has 1 aromatic rings. The van der Waals surface area contributed by atoms with Gasteiger partial charge in [-0.15, -0.1) is 0 Å². The van der Waals surface area contributed by atoms with E-state index in [4.69, 9.17) is 10.5 Å². The van der Waals surface area contributed by atoms with E-state index in [9.17, 15) is 9.18 Å². The number of benzene rings is 1. The van der Waals surface area contributed by atoms with Gasteiger partial charge in [0.15, 0.2) is 0 Å². The van der Waals surface area contributed by atoms with E-state index in [2.05, 4.69) is 10.1 Å². The molecule has 0 amide bonds. The summed E-state index contributed by atoms with van der Waals surface area (Å²) in [6, 6.07) is 2.52. The van der Waals surface area contributed by atoms with Crippen LogP contribution in [0.15, 0.2) is 12.1 Å². The molecule has 1 heterocycles. The first kappa shape index (κ1) is 14.6. The molecular formula is C14H19FN2O3. The molecule has 1 aliphatic rings. The van der Waals surface area contributed by atoms with Gasteiger partial charge >= 0.3 is 5.97 Å². The van der Waals surface area contributed by atoms with Gasteiger partial charge in [-0.25, -0.2) is 9.18 Å². The monoisotopic (exact) mass is 282 g/mol. The van der Waals surface area contributed by atoms with Gasteiger partial charge in [0, 0.05) is 25.4 Å². The number of nitrogens with two attached hydrogens (primary N) is 1. The fourth-order valence-electron chi connectivity index (χ4n) is 2.23. The van der Waals surface area contributed by atoms with Crippen LogP contribution in [0.25, 0.3) is 0 Å². The van der Waals surface area contributed by atoms with Crippen LogP contribution >= 0.6 is 0 Å². The number of halogens is 1. The van der Waals surface area contributed by atoms with Crippen LogP contribution in [0.3, 0.4) is 0 Å². The van der Waals surface area contributed by atoms with Crippen molar-refractivity contribution in [3.63, 3.8) is 0 Å². The zero-order valence-corrected chi connectivity index (χ0v) is 11.4. The van der Waals surface area contributed by atoms with Crippen LogP contribution in [0.5, 0.6) is 0 Å². The average molecular weight is 282 g/mol. The minimum atomic E-state index is -0.574. The highest BCUT2D eigenvalue weighted by molar-refractivity contribution is 5.96. The molecule has 0 spiro atoms. The molecule has 0 aromatic heterocycles. The van der Waals surface area contributed by atoms with Crippen LogP contribution < -0.4 is 11.1 Å². The molecule has 3 N–H and O–H groups in total. The van der Waals surface area contributed by atoms with Crippen molar-refractivity contribution < 1.29 is 18.7 Å². The third-order valence-electron chi connectivity index (χ3n) is 3.44. The maximum absolute atomic E-state index is 13.8. The maximum Gasteiger partial charge on any atom is 0.340 e. The molecule has 110 valence electrons. The largest absolute Gasteiger partial charge is 0.465 e. The number of methoxy groups -OCH3 is 1. The van der Waals surface area contributed by atoms with Gasteiger partial charge in [0.05, 0.1) is 18.4 Å². The lowest BCUT2D eigenvalue weighted by molar-refractivity contribution is 0.0602. The summed E-state index contributed by atoms with van der Waals surface area (Å²) in [6.45, 7) is 2.18. The normalized spacial score (nSPS) is 18.0. The predicted molar refractivity (Wildman–Crippen MR) is 74.2 cm³/mol. The third-order valence-corrected chi connectivity index (χ3v) is 3.44. The van der Waals surface area contributed by atoms with E-state index < -0.39 is 11.8 Å². The van der Waals surface area contributed by atoms with E-state index in [1.165, 1.54) is 13.2 Å². The van der Waals surface area contributed by atoms with Crippen LogP contribution in [0.4, 0.5) is 15.8 Å². The second-order valence-electron chi connectivity index (χ2n) is 4.86. The van der Waals surface area contributed by atoms with Crippen molar-refractivity contribution in [3.05, 3.63) is 23.5 Å². The fourth-order valence-corrected chi connectivity index (χ4v) is 2.23. The number of carbonyl (C=O) groups excluding carboxylic acids is 1. The van der Waals surface area contributed by atoms with E-state index in [-0.39, 0.29) is 16.9 Å². The average Bonchev–Trinajstić information content (AvgIpc) is 2.93. The van der Waals surface area contributed by atoms with Crippen molar-refractivity contribution in [2.75, 3.05) is 37.9 Å². The van der Waals surface area contributed by atoms with Crippen LogP contribution in [0.1, 0.15) is 23.2 Å². The zero-order valence-electron chi connectivity index (χ0n) is 11.4. The van der Waals surface area contributed by atoms with E-state index in [1.807, 2.05) is 0 Å². The van der Waals surface area contributed by atoms with Crippen molar-refractivity contribution in [1.29, 1.82) is 0 Å². The van der Waals surface area contributed by atoms with Crippen molar-refractivity contribution in [2.45, 2.75) is 12.8 Å². The highest BCUT2D eigenvalue weighted by Gasteiger charge is 2.17. The number of carbonyl (C=O) groups is 1. The van der Waals surface area contributed by atoms with Gasteiger partial charge in [-0.3, -0.25) is 0 Å². The molecule has 1 atom stereocenters. The van der Waals surface area contributed by atoms with E-state index in [0.717, 1.165) is 32.1 Å². The molecule has 0 saturated carbocycles. The third kappa shape index (κ3) is 3.39. The Labute approximate surface area is 117 Å². The molecule has 1 saturated heterocycles. The maximum atomic E-state index is 13.8. The van der Waals surface area contributed by atoms with Crippen molar-refractivity contribution in [3.8, 4) is 0 Å². The van der Waals surface area contributed by atoms with Gasteiger partial charge in [-0.2, -0.15) is 0 Å². The SMILES string of the molecule is COC(=O)c1cc(NCCC2CCOC2)c(F)cc1N. The zero-order chi connectivity index (χ0) is 14.5. The predicted octanol–water partition coefficient (Wildman–Crippen LogP) is 2.03. The molecule has 20 heavy (non-hydrogen) atoms. The second-order valence-corrected chi connectivity index (χ2v) is 4.86. The van der Waals surface area contributed by atoms with E-state index in [1.54, 1.807) is 0 Å². The topological polar surface area (TPSA) is 73.6 Å². The summed E-state index contributed by atoms with van der Waals surface area (Å²) in [4.78, 5) is 11.5. The Bertz CT molecular complexity index is 488. The Hall–Kier alpha value is -1.82. The van der Waals surface area contributed by atoms with Crippen molar-refractivity contribution >= 4 is 17.3 Å². The van der Waals surface area contributed by atoms with E-state index >= 15 is 0 Å². The molecule has 1 unspecified atom stereocenters.